The predicted molar refractivity (Wildman–Crippen MR) is 74.8 cm³/mol. The molecule has 0 saturated heterocycles. The number of benzene rings is 1. The Balaban J connectivity index is 2.04. The van der Waals surface area contributed by atoms with E-state index in [4.69, 9.17) is 0 Å². The molecule has 112 valence electrons. The smallest absolute Gasteiger partial charge is 0.309 e. The number of methoxy groups -OCH3 is 1. The van der Waals surface area contributed by atoms with Gasteiger partial charge in [0.25, 0.3) is 0 Å². The number of nitrogens with zero attached hydrogens (tertiary/aromatic N) is 1. The fourth-order valence-corrected chi connectivity index (χ4v) is 2.67. The zero-order valence-corrected chi connectivity index (χ0v) is 12.2. The SMILES string of the molecule is COC(=O)Cc1ccc(S(=O)(=O)NCc2cnc[nH]2)cc1. The van der Waals surface area contributed by atoms with E-state index in [1.807, 2.05) is 0 Å². The summed E-state index contributed by atoms with van der Waals surface area (Å²) in [5.74, 6) is -0.372. The highest BCUT2D eigenvalue weighted by Gasteiger charge is 2.14. The van der Waals surface area contributed by atoms with E-state index < -0.39 is 10.0 Å². The second-order valence-electron chi connectivity index (χ2n) is 4.30. The van der Waals surface area contributed by atoms with Crippen LogP contribution >= 0.6 is 0 Å². The quantitative estimate of drug-likeness (QED) is 0.761. The van der Waals surface area contributed by atoms with Gasteiger partial charge in [-0.2, -0.15) is 0 Å². The summed E-state index contributed by atoms with van der Waals surface area (Å²) < 4.78 is 31.2. The minimum absolute atomic E-state index is 0.110. The van der Waals surface area contributed by atoms with Crippen molar-refractivity contribution in [1.82, 2.24) is 14.7 Å². The number of esters is 1. The Kier molecular flexibility index (Phi) is 4.71. The molecule has 2 rings (SSSR count). The summed E-state index contributed by atoms with van der Waals surface area (Å²) in [7, 11) is -2.30. The molecule has 2 aromatic rings. The molecule has 7 nitrogen and oxygen atoms in total. The number of aromatic amines is 1. The lowest BCUT2D eigenvalue weighted by atomic mass is 10.2. The maximum atomic E-state index is 12.1. The number of nitrogens with one attached hydrogen (secondary N) is 2. The largest absolute Gasteiger partial charge is 0.469 e. The summed E-state index contributed by atoms with van der Waals surface area (Å²) in [6.07, 6.45) is 3.13. The third kappa shape index (κ3) is 4.14. The first kappa shape index (κ1) is 15.2. The highest BCUT2D eigenvalue weighted by molar-refractivity contribution is 7.89. The van der Waals surface area contributed by atoms with Gasteiger partial charge in [-0.25, -0.2) is 18.1 Å². The molecule has 8 heteroatoms. The molecule has 0 unspecified atom stereocenters. The molecule has 0 aliphatic rings. The molecule has 2 N–H and O–H groups in total. The predicted octanol–water partition coefficient (Wildman–Crippen LogP) is 0.604. The van der Waals surface area contributed by atoms with Crippen molar-refractivity contribution in [2.45, 2.75) is 17.9 Å². The highest BCUT2D eigenvalue weighted by Crippen LogP contribution is 2.11. The maximum Gasteiger partial charge on any atom is 0.309 e. The number of sulfonamides is 1. The van der Waals surface area contributed by atoms with Gasteiger partial charge >= 0.3 is 5.97 Å². The van der Waals surface area contributed by atoms with Gasteiger partial charge in [0, 0.05) is 11.9 Å². The Morgan fingerprint density at radius 3 is 2.62 bits per heavy atom. The molecule has 0 bridgehead atoms. The fraction of sp³-hybridized carbons (Fsp3) is 0.231. The van der Waals surface area contributed by atoms with Crippen molar-refractivity contribution < 1.29 is 17.9 Å². The lowest BCUT2D eigenvalue weighted by Crippen LogP contribution is -2.23. The second kappa shape index (κ2) is 6.51. The van der Waals surface area contributed by atoms with Crippen molar-refractivity contribution in [2.24, 2.45) is 0 Å². The molecule has 21 heavy (non-hydrogen) atoms. The minimum atomic E-state index is -3.60. The van der Waals surface area contributed by atoms with Crippen molar-refractivity contribution in [3.8, 4) is 0 Å². The monoisotopic (exact) mass is 309 g/mol. The van der Waals surface area contributed by atoms with Gasteiger partial charge in [-0.15, -0.1) is 0 Å². The van der Waals surface area contributed by atoms with E-state index in [0.717, 1.165) is 0 Å². The minimum Gasteiger partial charge on any atom is -0.469 e. The number of hydrogen-bond donors (Lipinski definition) is 2. The van der Waals surface area contributed by atoms with Crippen LogP contribution in [-0.2, 0) is 32.5 Å². The molecular formula is C13H15N3O4S. The van der Waals surface area contributed by atoms with E-state index in [9.17, 15) is 13.2 Å². The normalized spacial score (nSPS) is 11.3. The van der Waals surface area contributed by atoms with Crippen LogP contribution in [0.1, 0.15) is 11.3 Å². The zero-order chi connectivity index (χ0) is 15.3. The first-order valence-electron chi connectivity index (χ1n) is 6.14. The van der Waals surface area contributed by atoms with E-state index in [1.165, 1.54) is 25.6 Å². The topological polar surface area (TPSA) is 101 Å². The number of H-pyrrole nitrogens is 1. The van der Waals surface area contributed by atoms with Crippen LogP contribution in [0.25, 0.3) is 0 Å². The van der Waals surface area contributed by atoms with Crippen molar-refractivity contribution in [1.29, 1.82) is 0 Å². The van der Waals surface area contributed by atoms with Crippen LogP contribution in [0.5, 0.6) is 0 Å². The van der Waals surface area contributed by atoms with Crippen LogP contribution in [0, 0.1) is 0 Å². The highest BCUT2D eigenvalue weighted by atomic mass is 32.2. The standard InChI is InChI=1S/C13H15N3O4S/c1-20-13(17)6-10-2-4-12(5-3-10)21(18,19)16-8-11-7-14-9-15-11/h2-5,7,9,16H,6,8H2,1H3,(H,14,15). The summed E-state index contributed by atoms with van der Waals surface area (Å²) >= 11 is 0. The van der Waals surface area contributed by atoms with Crippen LogP contribution in [-0.4, -0.2) is 31.5 Å². The first-order chi connectivity index (χ1) is 10.0. The summed E-state index contributed by atoms with van der Waals surface area (Å²) in [5, 5.41) is 0. The average molecular weight is 309 g/mol. The third-order valence-corrected chi connectivity index (χ3v) is 4.23. The number of carbonyl (C=O) groups is 1. The number of aromatic nitrogens is 2. The van der Waals surface area contributed by atoms with Crippen molar-refractivity contribution in [2.75, 3.05) is 7.11 Å². The second-order valence-corrected chi connectivity index (χ2v) is 6.07. The van der Waals surface area contributed by atoms with E-state index >= 15 is 0 Å². The van der Waals surface area contributed by atoms with E-state index in [2.05, 4.69) is 19.4 Å². The number of carbonyl (C=O) groups excluding carboxylic acids is 1. The molecule has 1 aromatic heterocycles. The molecule has 0 amide bonds. The van der Waals surface area contributed by atoms with Crippen LogP contribution in [0.2, 0.25) is 0 Å². The molecule has 1 heterocycles. The molecule has 0 radical (unpaired) electrons. The number of imidazole rings is 1. The molecule has 0 atom stereocenters. The van der Waals surface area contributed by atoms with Crippen molar-refractivity contribution in [3.05, 3.63) is 48.0 Å². The molecule has 1 aromatic carbocycles. The molecule has 0 fully saturated rings. The molecule has 0 saturated carbocycles. The van der Waals surface area contributed by atoms with Crippen LogP contribution in [0.15, 0.2) is 41.7 Å². The lowest BCUT2D eigenvalue weighted by molar-refractivity contribution is -0.139. The van der Waals surface area contributed by atoms with Gasteiger partial charge in [-0.1, -0.05) is 12.1 Å². The molecule has 0 aliphatic carbocycles. The van der Waals surface area contributed by atoms with Crippen molar-refractivity contribution in [3.63, 3.8) is 0 Å². The summed E-state index contributed by atoms with van der Waals surface area (Å²) in [4.78, 5) is 17.9. The van der Waals surface area contributed by atoms with Crippen LogP contribution in [0.4, 0.5) is 0 Å². The van der Waals surface area contributed by atoms with Gasteiger partial charge in [0.2, 0.25) is 10.0 Å². The van der Waals surface area contributed by atoms with Crippen LogP contribution in [0.3, 0.4) is 0 Å². The Labute approximate surface area is 122 Å². The fourth-order valence-electron chi connectivity index (χ4n) is 1.66. The number of hydrogen-bond acceptors (Lipinski definition) is 5. The summed E-state index contributed by atoms with van der Waals surface area (Å²) in [6, 6.07) is 6.07. The van der Waals surface area contributed by atoms with Gasteiger partial charge < -0.3 is 9.72 Å². The lowest BCUT2D eigenvalue weighted by Gasteiger charge is -2.06. The zero-order valence-electron chi connectivity index (χ0n) is 11.4. The van der Waals surface area contributed by atoms with E-state index in [-0.39, 0.29) is 23.8 Å². The van der Waals surface area contributed by atoms with Gasteiger partial charge in [0.15, 0.2) is 0 Å². The van der Waals surface area contributed by atoms with E-state index in [1.54, 1.807) is 18.3 Å². The van der Waals surface area contributed by atoms with Gasteiger partial charge in [0.1, 0.15) is 0 Å². The third-order valence-electron chi connectivity index (χ3n) is 2.82. The van der Waals surface area contributed by atoms with E-state index in [0.29, 0.717) is 11.3 Å². The van der Waals surface area contributed by atoms with Gasteiger partial charge in [-0.05, 0) is 17.7 Å². The first-order valence-corrected chi connectivity index (χ1v) is 7.62. The Morgan fingerprint density at radius 2 is 2.05 bits per heavy atom. The molecule has 0 spiro atoms. The number of ether oxygens (including phenoxy) is 1. The van der Waals surface area contributed by atoms with Gasteiger partial charge in [0.05, 0.1) is 31.3 Å². The average Bonchev–Trinajstić information content (AvgIpc) is 2.99. The van der Waals surface area contributed by atoms with Gasteiger partial charge in [-0.3, -0.25) is 4.79 Å². The van der Waals surface area contributed by atoms with Crippen molar-refractivity contribution >= 4 is 16.0 Å². The Bertz CT molecular complexity index is 694. The van der Waals surface area contributed by atoms with Crippen LogP contribution < -0.4 is 4.72 Å². The molecular weight excluding hydrogens is 294 g/mol. The Morgan fingerprint density at radius 1 is 1.33 bits per heavy atom. The Hall–Kier alpha value is -2.19. The maximum absolute atomic E-state index is 12.1. The summed E-state index contributed by atoms with van der Waals surface area (Å²) in [6.45, 7) is 0.131. The number of rotatable bonds is 6. The molecule has 0 aliphatic heterocycles. The summed E-state index contributed by atoms with van der Waals surface area (Å²) in [5.41, 5.74) is 1.36.